The Balaban J connectivity index is 2.93. The smallest absolute Gasteiger partial charge is 0.115 e. The SMILES string of the molecule is C#CC1=C(F)CCCC(CC)=C1. The van der Waals surface area contributed by atoms with E-state index in [1.54, 1.807) is 0 Å². The standard InChI is InChI=1S/C11H13F/c1-3-9-6-5-7-11(12)10(4-2)8-9/h2,8H,3,5-7H2,1H3. The van der Waals surface area contributed by atoms with Gasteiger partial charge < -0.3 is 0 Å². The van der Waals surface area contributed by atoms with Gasteiger partial charge in [0.05, 0.1) is 5.57 Å². The van der Waals surface area contributed by atoms with E-state index in [-0.39, 0.29) is 5.83 Å². The van der Waals surface area contributed by atoms with Crippen molar-refractivity contribution < 1.29 is 4.39 Å². The van der Waals surface area contributed by atoms with Gasteiger partial charge in [0, 0.05) is 6.42 Å². The first-order valence-electron chi connectivity index (χ1n) is 4.32. The number of hydrogen-bond donors (Lipinski definition) is 0. The molecule has 0 N–H and O–H groups in total. The maximum absolute atomic E-state index is 13.1. The van der Waals surface area contributed by atoms with Crippen molar-refractivity contribution in [2.75, 3.05) is 0 Å². The van der Waals surface area contributed by atoms with E-state index in [4.69, 9.17) is 6.42 Å². The highest BCUT2D eigenvalue weighted by molar-refractivity contribution is 5.41. The molecule has 0 bridgehead atoms. The molecule has 12 heavy (non-hydrogen) atoms. The molecule has 0 heterocycles. The molecule has 0 spiro atoms. The van der Waals surface area contributed by atoms with Crippen molar-refractivity contribution in [2.24, 2.45) is 0 Å². The Morgan fingerprint density at radius 3 is 2.92 bits per heavy atom. The molecule has 0 saturated heterocycles. The van der Waals surface area contributed by atoms with Gasteiger partial charge in [0.15, 0.2) is 0 Å². The number of rotatable bonds is 1. The topological polar surface area (TPSA) is 0 Å². The fourth-order valence-corrected chi connectivity index (χ4v) is 1.36. The molecule has 0 aromatic heterocycles. The fourth-order valence-electron chi connectivity index (χ4n) is 1.36. The van der Waals surface area contributed by atoms with Crippen LogP contribution in [0, 0.1) is 12.3 Å². The van der Waals surface area contributed by atoms with Crippen LogP contribution in [0.4, 0.5) is 4.39 Å². The van der Waals surface area contributed by atoms with Gasteiger partial charge in [-0.1, -0.05) is 18.4 Å². The van der Waals surface area contributed by atoms with Crippen molar-refractivity contribution in [1.29, 1.82) is 0 Å². The van der Waals surface area contributed by atoms with Crippen molar-refractivity contribution in [2.45, 2.75) is 32.6 Å². The zero-order chi connectivity index (χ0) is 8.97. The van der Waals surface area contributed by atoms with Crippen LogP contribution in [0.15, 0.2) is 23.0 Å². The maximum Gasteiger partial charge on any atom is 0.115 e. The summed E-state index contributed by atoms with van der Waals surface area (Å²) in [6, 6.07) is 0. The largest absolute Gasteiger partial charge is 0.210 e. The molecule has 0 radical (unpaired) electrons. The van der Waals surface area contributed by atoms with Crippen molar-refractivity contribution in [3.8, 4) is 12.3 Å². The maximum atomic E-state index is 13.1. The number of allylic oxidation sites excluding steroid dienone is 4. The second kappa shape index (κ2) is 4.11. The highest BCUT2D eigenvalue weighted by Gasteiger charge is 2.08. The summed E-state index contributed by atoms with van der Waals surface area (Å²) in [5.41, 5.74) is 1.71. The molecule has 0 aliphatic heterocycles. The molecule has 0 saturated carbocycles. The van der Waals surface area contributed by atoms with E-state index in [1.807, 2.05) is 6.08 Å². The van der Waals surface area contributed by atoms with Crippen LogP contribution in [-0.2, 0) is 0 Å². The van der Waals surface area contributed by atoms with E-state index in [0.717, 1.165) is 19.3 Å². The van der Waals surface area contributed by atoms with Crippen LogP contribution in [0.5, 0.6) is 0 Å². The molecule has 0 atom stereocenters. The molecule has 0 nitrogen and oxygen atoms in total. The molecule has 1 heteroatoms. The second-order valence-corrected chi connectivity index (χ2v) is 2.97. The summed E-state index contributed by atoms with van der Waals surface area (Å²) in [6.45, 7) is 2.07. The van der Waals surface area contributed by atoms with Crippen LogP contribution in [0.25, 0.3) is 0 Å². The van der Waals surface area contributed by atoms with Gasteiger partial charge in [0.1, 0.15) is 5.83 Å². The molecule has 0 fully saturated rings. The van der Waals surface area contributed by atoms with Gasteiger partial charge in [0.25, 0.3) is 0 Å². The average Bonchev–Trinajstić information content (AvgIpc) is 2.27. The van der Waals surface area contributed by atoms with Crippen LogP contribution >= 0.6 is 0 Å². The Bertz CT molecular complexity index is 263. The van der Waals surface area contributed by atoms with Crippen LogP contribution < -0.4 is 0 Å². The van der Waals surface area contributed by atoms with Crippen LogP contribution in [0.3, 0.4) is 0 Å². The Hall–Kier alpha value is -1.03. The zero-order valence-electron chi connectivity index (χ0n) is 7.36. The van der Waals surface area contributed by atoms with Gasteiger partial charge in [-0.25, -0.2) is 4.39 Å². The van der Waals surface area contributed by atoms with Gasteiger partial charge >= 0.3 is 0 Å². The monoisotopic (exact) mass is 164 g/mol. The van der Waals surface area contributed by atoms with Crippen LogP contribution in [0.2, 0.25) is 0 Å². The lowest BCUT2D eigenvalue weighted by Gasteiger charge is -1.98. The number of terminal acetylenes is 1. The molecule has 1 aliphatic rings. The molecular formula is C11H13F. The molecule has 0 aromatic rings. The fraction of sp³-hybridized carbons (Fsp3) is 0.455. The Labute approximate surface area is 73.2 Å². The van der Waals surface area contributed by atoms with Gasteiger partial charge in [-0.2, -0.15) is 0 Å². The minimum Gasteiger partial charge on any atom is -0.210 e. The van der Waals surface area contributed by atoms with Crippen molar-refractivity contribution >= 4 is 0 Å². The third-order valence-electron chi connectivity index (χ3n) is 2.14. The van der Waals surface area contributed by atoms with Crippen molar-refractivity contribution in [3.63, 3.8) is 0 Å². The predicted octanol–water partition coefficient (Wildman–Crippen LogP) is 3.36. The Morgan fingerprint density at radius 2 is 2.33 bits per heavy atom. The van der Waals surface area contributed by atoms with Gasteiger partial charge in [-0.05, 0) is 25.3 Å². The average molecular weight is 164 g/mol. The first-order valence-corrected chi connectivity index (χ1v) is 4.32. The summed E-state index contributed by atoms with van der Waals surface area (Å²) < 4.78 is 13.1. The first kappa shape index (κ1) is 9.06. The second-order valence-electron chi connectivity index (χ2n) is 2.97. The molecule has 1 aliphatic carbocycles. The number of hydrogen-bond acceptors (Lipinski definition) is 0. The summed E-state index contributed by atoms with van der Waals surface area (Å²) in [7, 11) is 0. The van der Waals surface area contributed by atoms with E-state index < -0.39 is 0 Å². The highest BCUT2D eigenvalue weighted by Crippen LogP contribution is 2.24. The van der Waals surface area contributed by atoms with Crippen LogP contribution in [-0.4, -0.2) is 0 Å². The number of halogens is 1. The lowest BCUT2D eigenvalue weighted by Crippen LogP contribution is -1.79. The van der Waals surface area contributed by atoms with E-state index in [9.17, 15) is 4.39 Å². The summed E-state index contributed by atoms with van der Waals surface area (Å²) in [4.78, 5) is 0. The highest BCUT2D eigenvalue weighted by atomic mass is 19.1. The molecule has 0 unspecified atom stereocenters. The van der Waals surface area contributed by atoms with Gasteiger partial charge in [-0.3, -0.25) is 0 Å². The summed E-state index contributed by atoms with van der Waals surface area (Å²) >= 11 is 0. The molecule has 64 valence electrons. The van der Waals surface area contributed by atoms with Crippen LogP contribution in [0.1, 0.15) is 32.6 Å². The first-order chi connectivity index (χ1) is 5.77. The third kappa shape index (κ3) is 1.98. The Morgan fingerprint density at radius 1 is 1.58 bits per heavy atom. The molecule has 0 amide bonds. The summed E-state index contributed by atoms with van der Waals surface area (Å²) in [5.74, 6) is 2.26. The minimum absolute atomic E-state index is 0.124. The lowest BCUT2D eigenvalue weighted by atomic mass is 10.1. The minimum atomic E-state index is -0.124. The van der Waals surface area contributed by atoms with E-state index in [2.05, 4.69) is 12.8 Å². The Kier molecular flexibility index (Phi) is 3.10. The van der Waals surface area contributed by atoms with Crippen molar-refractivity contribution in [3.05, 3.63) is 23.0 Å². The molecule has 0 aromatic carbocycles. The van der Waals surface area contributed by atoms with Crippen molar-refractivity contribution in [1.82, 2.24) is 0 Å². The van der Waals surface area contributed by atoms with Gasteiger partial charge in [-0.15, -0.1) is 6.42 Å². The summed E-state index contributed by atoms with van der Waals surface area (Å²) in [5, 5.41) is 0. The van der Waals surface area contributed by atoms with Gasteiger partial charge in [0.2, 0.25) is 0 Å². The van der Waals surface area contributed by atoms with E-state index in [1.165, 1.54) is 5.57 Å². The molecular weight excluding hydrogens is 151 g/mol. The lowest BCUT2D eigenvalue weighted by molar-refractivity contribution is 0.572. The third-order valence-corrected chi connectivity index (χ3v) is 2.14. The normalized spacial score (nSPS) is 18.2. The predicted molar refractivity (Wildman–Crippen MR) is 49.2 cm³/mol. The van der Waals surface area contributed by atoms with E-state index >= 15 is 0 Å². The summed E-state index contributed by atoms with van der Waals surface area (Å²) in [6.07, 6.45) is 10.3. The molecule has 1 rings (SSSR count). The van der Waals surface area contributed by atoms with E-state index in [0.29, 0.717) is 12.0 Å². The quantitative estimate of drug-likeness (QED) is 0.521. The zero-order valence-corrected chi connectivity index (χ0v) is 7.36.